The van der Waals surface area contributed by atoms with Crippen molar-refractivity contribution in [1.82, 2.24) is 5.32 Å². The molecule has 1 aliphatic heterocycles. The fourth-order valence-electron chi connectivity index (χ4n) is 2.96. The molecule has 2 aromatic rings. The first kappa shape index (κ1) is 15.6. The van der Waals surface area contributed by atoms with Crippen molar-refractivity contribution in [2.24, 2.45) is 0 Å². The first-order valence-corrected chi connectivity index (χ1v) is 8.03. The molecule has 0 spiro atoms. The summed E-state index contributed by atoms with van der Waals surface area (Å²) in [7, 11) is 0. The number of benzene rings is 2. The van der Waals surface area contributed by atoms with E-state index in [1.54, 1.807) is 0 Å². The van der Waals surface area contributed by atoms with Gasteiger partial charge in [-0.05, 0) is 36.1 Å². The van der Waals surface area contributed by atoms with Crippen molar-refractivity contribution in [3.8, 4) is 0 Å². The summed E-state index contributed by atoms with van der Waals surface area (Å²) in [5.74, 6) is -0.000811. The second-order valence-corrected chi connectivity index (χ2v) is 5.93. The molecule has 0 aliphatic carbocycles. The molecule has 0 radical (unpaired) electrons. The van der Waals surface area contributed by atoms with Gasteiger partial charge in [0.05, 0.1) is 18.6 Å². The maximum absolute atomic E-state index is 12.4. The lowest BCUT2D eigenvalue weighted by Gasteiger charge is -2.24. The van der Waals surface area contributed by atoms with Crippen molar-refractivity contribution in [2.45, 2.75) is 31.4 Å². The van der Waals surface area contributed by atoms with Gasteiger partial charge in [0.2, 0.25) is 5.91 Å². The molecular formula is C19H22N2O2. The van der Waals surface area contributed by atoms with Crippen LogP contribution in [0.3, 0.4) is 0 Å². The zero-order chi connectivity index (χ0) is 16.1. The number of carbonyl (C=O) groups excluding carboxylic acids is 1. The molecule has 1 aliphatic rings. The molecule has 0 aromatic heterocycles. The van der Waals surface area contributed by atoms with Gasteiger partial charge in [-0.15, -0.1) is 0 Å². The van der Waals surface area contributed by atoms with Gasteiger partial charge < -0.3 is 15.8 Å². The summed E-state index contributed by atoms with van der Waals surface area (Å²) >= 11 is 0. The highest BCUT2D eigenvalue weighted by Crippen LogP contribution is 2.27. The maximum Gasteiger partial charge on any atom is 0.224 e. The molecule has 23 heavy (non-hydrogen) atoms. The minimum atomic E-state index is -0.0972. The summed E-state index contributed by atoms with van der Waals surface area (Å²) < 4.78 is 5.81. The molecule has 4 nitrogen and oxygen atoms in total. The van der Waals surface area contributed by atoms with Gasteiger partial charge in [-0.25, -0.2) is 0 Å². The molecule has 2 unspecified atom stereocenters. The zero-order valence-electron chi connectivity index (χ0n) is 13.1. The van der Waals surface area contributed by atoms with Crippen LogP contribution in [0.2, 0.25) is 0 Å². The van der Waals surface area contributed by atoms with E-state index >= 15 is 0 Å². The van der Waals surface area contributed by atoms with Gasteiger partial charge in [0, 0.05) is 12.3 Å². The Morgan fingerprint density at radius 3 is 2.57 bits per heavy atom. The van der Waals surface area contributed by atoms with Crippen LogP contribution in [-0.4, -0.2) is 18.6 Å². The predicted molar refractivity (Wildman–Crippen MR) is 90.9 cm³/mol. The number of rotatable bonds is 5. The maximum atomic E-state index is 12.4. The van der Waals surface area contributed by atoms with Crippen molar-refractivity contribution in [2.75, 3.05) is 12.3 Å². The first-order chi connectivity index (χ1) is 11.2. The Morgan fingerprint density at radius 2 is 1.91 bits per heavy atom. The first-order valence-electron chi connectivity index (χ1n) is 8.03. The molecule has 2 atom stereocenters. The van der Waals surface area contributed by atoms with Crippen LogP contribution in [-0.2, 0) is 16.0 Å². The van der Waals surface area contributed by atoms with Crippen molar-refractivity contribution in [3.63, 3.8) is 0 Å². The van der Waals surface area contributed by atoms with E-state index < -0.39 is 0 Å². The average Bonchev–Trinajstić information content (AvgIpc) is 3.10. The summed E-state index contributed by atoms with van der Waals surface area (Å²) in [6.07, 6.45) is 2.41. The highest BCUT2D eigenvalue weighted by atomic mass is 16.5. The molecule has 4 heteroatoms. The largest absolute Gasteiger partial charge is 0.399 e. The Labute approximate surface area is 136 Å². The Balaban J connectivity index is 1.70. The van der Waals surface area contributed by atoms with E-state index in [0.29, 0.717) is 12.1 Å². The van der Waals surface area contributed by atoms with E-state index in [4.69, 9.17) is 10.5 Å². The minimum Gasteiger partial charge on any atom is -0.399 e. The van der Waals surface area contributed by atoms with E-state index in [0.717, 1.165) is 30.6 Å². The Kier molecular flexibility index (Phi) is 4.93. The van der Waals surface area contributed by atoms with E-state index in [2.05, 4.69) is 5.32 Å². The summed E-state index contributed by atoms with van der Waals surface area (Å²) in [6.45, 7) is 0.766. The van der Waals surface area contributed by atoms with Crippen LogP contribution in [0.1, 0.15) is 30.0 Å². The van der Waals surface area contributed by atoms with Gasteiger partial charge in [-0.1, -0.05) is 42.5 Å². The molecule has 3 rings (SSSR count). The van der Waals surface area contributed by atoms with Crippen LogP contribution < -0.4 is 11.1 Å². The van der Waals surface area contributed by atoms with Crippen molar-refractivity contribution in [3.05, 3.63) is 65.7 Å². The van der Waals surface area contributed by atoms with E-state index in [1.807, 2.05) is 54.6 Å². The lowest BCUT2D eigenvalue weighted by molar-refractivity contribution is -0.122. The molecule has 1 saturated heterocycles. The number of nitrogens with one attached hydrogen (secondary N) is 1. The number of nitrogens with two attached hydrogens (primary N) is 1. The van der Waals surface area contributed by atoms with Crippen LogP contribution in [0.5, 0.6) is 0 Å². The number of carbonyl (C=O) groups is 1. The third-order valence-electron chi connectivity index (χ3n) is 4.16. The Morgan fingerprint density at radius 1 is 1.17 bits per heavy atom. The Hall–Kier alpha value is -2.33. The number of amides is 1. The molecule has 1 heterocycles. The fraction of sp³-hybridized carbons (Fsp3) is 0.316. The topological polar surface area (TPSA) is 64.4 Å². The quantitative estimate of drug-likeness (QED) is 0.835. The van der Waals surface area contributed by atoms with Crippen LogP contribution in [0.15, 0.2) is 54.6 Å². The molecule has 2 aromatic carbocycles. The monoisotopic (exact) mass is 310 g/mol. The summed E-state index contributed by atoms with van der Waals surface area (Å²) in [5.41, 5.74) is 8.43. The van der Waals surface area contributed by atoms with Gasteiger partial charge in [0.15, 0.2) is 0 Å². The molecule has 1 amide bonds. The number of hydrogen-bond acceptors (Lipinski definition) is 3. The lowest BCUT2D eigenvalue weighted by Crippen LogP contribution is -2.36. The van der Waals surface area contributed by atoms with Crippen molar-refractivity contribution >= 4 is 11.6 Å². The third-order valence-corrected chi connectivity index (χ3v) is 4.16. The standard InChI is InChI=1S/C19H22N2O2/c20-16-10-8-14(9-11-16)13-18(22)21-19(17-7-4-12-23-17)15-5-2-1-3-6-15/h1-3,5-6,8-11,17,19H,4,7,12-13,20H2,(H,21,22). The highest BCUT2D eigenvalue weighted by Gasteiger charge is 2.28. The Bertz CT molecular complexity index is 634. The lowest BCUT2D eigenvalue weighted by atomic mass is 9.99. The van der Waals surface area contributed by atoms with Gasteiger partial charge in [-0.2, -0.15) is 0 Å². The molecule has 3 N–H and O–H groups in total. The van der Waals surface area contributed by atoms with Gasteiger partial charge in [0.1, 0.15) is 0 Å². The molecule has 120 valence electrons. The summed E-state index contributed by atoms with van der Waals surface area (Å²) in [6, 6.07) is 17.3. The number of anilines is 1. The molecule has 0 bridgehead atoms. The van der Waals surface area contributed by atoms with E-state index in [-0.39, 0.29) is 18.1 Å². The zero-order valence-corrected chi connectivity index (χ0v) is 13.1. The predicted octanol–water partition coefficient (Wildman–Crippen LogP) is 2.85. The van der Waals surface area contributed by atoms with E-state index in [9.17, 15) is 4.79 Å². The summed E-state index contributed by atoms with van der Waals surface area (Å²) in [4.78, 5) is 12.4. The average molecular weight is 310 g/mol. The van der Waals surface area contributed by atoms with Crippen molar-refractivity contribution in [1.29, 1.82) is 0 Å². The number of ether oxygens (including phenoxy) is 1. The van der Waals surface area contributed by atoms with Crippen LogP contribution in [0, 0.1) is 0 Å². The minimum absolute atomic E-state index is 0.000811. The highest BCUT2D eigenvalue weighted by molar-refractivity contribution is 5.79. The second-order valence-electron chi connectivity index (χ2n) is 5.93. The van der Waals surface area contributed by atoms with Crippen LogP contribution in [0.4, 0.5) is 5.69 Å². The van der Waals surface area contributed by atoms with Gasteiger partial charge in [-0.3, -0.25) is 4.79 Å². The normalized spacial score (nSPS) is 18.5. The van der Waals surface area contributed by atoms with Crippen LogP contribution >= 0.6 is 0 Å². The molecule has 1 fully saturated rings. The van der Waals surface area contributed by atoms with E-state index in [1.165, 1.54) is 0 Å². The smallest absolute Gasteiger partial charge is 0.224 e. The number of hydrogen-bond donors (Lipinski definition) is 2. The fourth-order valence-corrected chi connectivity index (χ4v) is 2.96. The molecular weight excluding hydrogens is 288 g/mol. The van der Waals surface area contributed by atoms with Gasteiger partial charge in [0.25, 0.3) is 0 Å². The third kappa shape index (κ3) is 4.11. The number of nitrogen functional groups attached to an aromatic ring is 1. The SMILES string of the molecule is Nc1ccc(CC(=O)NC(c2ccccc2)C2CCCO2)cc1. The van der Waals surface area contributed by atoms with Crippen LogP contribution in [0.25, 0.3) is 0 Å². The molecule has 0 saturated carbocycles. The van der Waals surface area contributed by atoms with Gasteiger partial charge >= 0.3 is 0 Å². The summed E-state index contributed by atoms with van der Waals surface area (Å²) in [5, 5.41) is 3.14. The van der Waals surface area contributed by atoms with Crippen molar-refractivity contribution < 1.29 is 9.53 Å². The second kappa shape index (κ2) is 7.29.